The quantitative estimate of drug-likeness (QED) is 0.617. The van der Waals surface area contributed by atoms with Crippen LogP contribution < -0.4 is 9.62 Å². The summed E-state index contributed by atoms with van der Waals surface area (Å²) < 4.78 is 26.0. The lowest BCUT2D eigenvalue weighted by Crippen LogP contribution is -2.32. The van der Waals surface area contributed by atoms with Gasteiger partial charge in [-0.25, -0.2) is 8.42 Å². The van der Waals surface area contributed by atoms with Crippen LogP contribution in [-0.2, 0) is 14.8 Å². The summed E-state index contributed by atoms with van der Waals surface area (Å²) in [6, 6.07) is 19.5. The van der Waals surface area contributed by atoms with E-state index in [4.69, 9.17) is 0 Å². The van der Waals surface area contributed by atoms with Crippen LogP contribution in [0, 0.1) is 13.8 Å². The molecule has 0 heterocycles. The molecule has 1 N–H and O–H groups in total. The molecule has 0 radical (unpaired) electrons. The fourth-order valence-electron chi connectivity index (χ4n) is 3.33. The minimum absolute atomic E-state index is 0.130. The molecule has 0 unspecified atom stereocenters. The first-order valence-electron chi connectivity index (χ1n) is 9.58. The summed E-state index contributed by atoms with van der Waals surface area (Å²) in [4.78, 5) is 12.4. The second kappa shape index (κ2) is 8.66. The van der Waals surface area contributed by atoms with Crippen LogP contribution in [0.3, 0.4) is 0 Å². The van der Waals surface area contributed by atoms with Gasteiger partial charge >= 0.3 is 0 Å². The predicted octanol–water partition coefficient (Wildman–Crippen LogP) is 4.64. The third-order valence-electron chi connectivity index (χ3n) is 4.83. The molecule has 6 heteroatoms. The maximum atomic E-state index is 12.4. The molecular weight excluding hydrogens is 384 g/mol. The number of anilines is 2. The highest BCUT2D eigenvalue weighted by atomic mass is 32.2. The molecule has 5 nitrogen and oxygen atoms in total. The first kappa shape index (κ1) is 20.9. The standard InChI is InChI=1S/C23H26N2O3S/c1-17-10-11-18(2)22(15-17)25(29(3,27)28)14-6-9-23(26)24-21-13-12-19-7-4-5-8-20(19)16-21/h4-5,7-8,10-13,15-16H,6,9,14H2,1-3H3,(H,24,26). The Morgan fingerprint density at radius 1 is 0.966 bits per heavy atom. The van der Waals surface area contributed by atoms with Crippen molar-refractivity contribution in [2.24, 2.45) is 0 Å². The van der Waals surface area contributed by atoms with E-state index in [1.165, 1.54) is 10.6 Å². The molecule has 3 aromatic rings. The van der Waals surface area contributed by atoms with Gasteiger partial charge in [0.05, 0.1) is 11.9 Å². The maximum absolute atomic E-state index is 12.4. The molecule has 0 saturated heterocycles. The Hall–Kier alpha value is -2.86. The van der Waals surface area contributed by atoms with Crippen molar-refractivity contribution in [2.75, 3.05) is 22.4 Å². The van der Waals surface area contributed by atoms with Gasteiger partial charge in [-0.05, 0) is 60.4 Å². The number of amides is 1. The van der Waals surface area contributed by atoms with E-state index in [-0.39, 0.29) is 18.9 Å². The number of carbonyl (C=O) groups is 1. The van der Waals surface area contributed by atoms with E-state index in [1.807, 2.05) is 74.5 Å². The summed E-state index contributed by atoms with van der Waals surface area (Å²) >= 11 is 0. The Balaban J connectivity index is 1.64. The predicted molar refractivity (Wildman–Crippen MR) is 120 cm³/mol. The van der Waals surface area contributed by atoms with Crippen molar-refractivity contribution in [3.8, 4) is 0 Å². The van der Waals surface area contributed by atoms with Crippen molar-refractivity contribution in [3.63, 3.8) is 0 Å². The van der Waals surface area contributed by atoms with Crippen molar-refractivity contribution in [1.82, 2.24) is 0 Å². The molecule has 29 heavy (non-hydrogen) atoms. The minimum atomic E-state index is -3.44. The van der Waals surface area contributed by atoms with Gasteiger partial charge in [-0.3, -0.25) is 9.10 Å². The van der Waals surface area contributed by atoms with Crippen LogP contribution in [0.4, 0.5) is 11.4 Å². The van der Waals surface area contributed by atoms with E-state index in [1.54, 1.807) is 0 Å². The van der Waals surface area contributed by atoms with Crippen LogP contribution in [0.2, 0.25) is 0 Å². The Labute approximate surface area is 172 Å². The second-order valence-electron chi connectivity index (χ2n) is 7.34. The van der Waals surface area contributed by atoms with Crippen LogP contribution in [0.1, 0.15) is 24.0 Å². The third kappa shape index (κ3) is 5.35. The van der Waals surface area contributed by atoms with E-state index < -0.39 is 10.0 Å². The summed E-state index contributed by atoms with van der Waals surface area (Å²) in [6.07, 6.45) is 1.87. The van der Waals surface area contributed by atoms with Crippen LogP contribution in [0.5, 0.6) is 0 Å². The van der Waals surface area contributed by atoms with Gasteiger partial charge in [0.25, 0.3) is 0 Å². The summed E-state index contributed by atoms with van der Waals surface area (Å²) in [7, 11) is -3.44. The molecule has 0 atom stereocenters. The Bertz CT molecular complexity index is 1140. The number of carbonyl (C=O) groups excluding carboxylic acids is 1. The number of sulfonamides is 1. The molecule has 0 aliphatic heterocycles. The molecule has 0 spiro atoms. The lowest BCUT2D eigenvalue weighted by atomic mass is 10.1. The highest BCUT2D eigenvalue weighted by molar-refractivity contribution is 7.92. The van der Waals surface area contributed by atoms with E-state index >= 15 is 0 Å². The number of aryl methyl sites for hydroxylation is 2. The highest BCUT2D eigenvalue weighted by Crippen LogP contribution is 2.24. The molecular formula is C23H26N2O3S. The SMILES string of the molecule is Cc1ccc(C)c(N(CCCC(=O)Nc2ccc3ccccc3c2)S(C)(=O)=O)c1. The molecule has 0 saturated carbocycles. The molecule has 3 aromatic carbocycles. The van der Waals surface area contributed by atoms with E-state index in [9.17, 15) is 13.2 Å². The summed E-state index contributed by atoms with van der Waals surface area (Å²) in [5.74, 6) is -0.130. The number of rotatable bonds is 7. The summed E-state index contributed by atoms with van der Waals surface area (Å²) in [6.45, 7) is 4.08. The van der Waals surface area contributed by atoms with Crippen LogP contribution in [-0.4, -0.2) is 27.1 Å². The van der Waals surface area contributed by atoms with Crippen molar-refractivity contribution < 1.29 is 13.2 Å². The molecule has 0 aliphatic rings. The van der Waals surface area contributed by atoms with Crippen molar-refractivity contribution in [3.05, 3.63) is 71.8 Å². The Morgan fingerprint density at radius 2 is 1.69 bits per heavy atom. The Kier molecular flexibility index (Phi) is 6.23. The van der Waals surface area contributed by atoms with Crippen molar-refractivity contribution in [1.29, 1.82) is 0 Å². The van der Waals surface area contributed by atoms with Gasteiger partial charge in [0, 0.05) is 18.7 Å². The first-order valence-corrected chi connectivity index (χ1v) is 11.4. The normalized spacial score (nSPS) is 11.4. The number of nitrogens with one attached hydrogen (secondary N) is 1. The Morgan fingerprint density at radius 3 is 2.41 bits per heavy atom. The maximum Gasteiger partial charge on any atom is 0.232 e. The molecule has 0 aromatic heterocycles. The lowest BCUT2D eigenvalue weighted by Gasteiger charge is -2.24. The summed E-state index contributed by atoms with van der Waals surface area (Å²) in [5.41, 5.74) is 3.29. The van der Waals surface area contributed by atoms with Crippen LogP contribution in [0.15, 0.2) is 60.7 Å². The van der Waals surface area contributed by atoms with Gasteiger partial charge in [-0.2, -0.15) is 0 Å². The number of fused-ring (bicyclic) bond motifs is 1. The average Bonchev–Trinajstić information content (AvgIpc) is 2.66. The third-order valence-corrected chi connectivity index (χ3v) is 6.01. The fourth-order valence-corrected chi connectivity index (χ4v) is 4.34. The molecule has 0 aliphatic carbocycles. The second-order valence-corrected chi connectivity index (χ2v) is 9.25. The zero-order chi connectivity index (χ0) is 21.0. The van der Waals surface area contributed by atoms with Gasteiger partial charge in [0.2, 0.25) is 15.9 Å². The lowest BCUT2D eigenvalue weighted by molar-refractivity contribution is -0.116. The van der Waals surface area contributed by atoms with Crippen molar-refractivity contribution in [2.45, 2.75) is 26.7 Å². The monoisotopic (exact) mass is 410 g/mol. The zero-order valence-corrected chi connectivity index (χ0v) is 17.8. The molecule has 3 rings (SSSR count). The van der Waals surface area contributed by atoms with Crippen molar-refractivity contribution >= 4 is 38.1 Å². The number of benzene rings is 3. The summed E-state index contributed by atoms with van der Waals surface area (Å²) in [5, 5.41) is 5.07. The van der Waals surface area contributed by atoms with Gasteiger partial charge in [0.1, 0.15) is 0 Å². The van der Waals surface area contributed by atoms with Gasteiger partial charge in [-0.15, -0.1) is 0 Å². The van der Waals surface area contributed by atoms with Gasteiger partial charge in [0.15, 0.2) is 0 Å². The van der Waals surface area contributed by atoms with E-state index in [0.717, 1.165) is 27.6 Å². The molecule has 0 bridgehead atoms. The van der Waals surface area contributed by atoms with E-state index in [0.29, 0.717) is 12.1 Å². The molecule has 0 fully saturated rings. The van der Waals surface area contributed by atoms with Crippen LogP contribution in [0.25, 0.3) is 10.8 Å². The van der Waals surface area contributed by atoms with Gasteiger partial charge in [-0.1, -0.05) is 42.5 Å². The van der Waals surface area contributed by atoms with Crippen LogP contribution >= 0.6 is 0 Å². The number of nitrogens with zero attached hydrogens (tertiary/aromatic N) is 1. The number of hydrogen-bond acceptors (Lipinski definition) is 3. The van der Waals surface area contributed by atoms with E-state index in [2.05, 4.69) is 5.32 Å². The average molecular weight is 411 g/mol. The number of hydrogen-bond donors (Lipinski definition) is 1. The fraction of sp³-hybridized carbons (Fsp3) is 0.261. The smallest absolute Gasteiger partial charge is 0.232 e. The largest absolute Gasteiger partial charge is 0.326 e. The van der Waals surface area contributed by atoms with Gasteiger partial charge < -0.3 is 5.32 Å². The zero-order valence-electron chi connectivity index (χ0n) is 17.0. The first-order chi connectivity index (χ1) is 13.7. The topological polar surface area (TPSA) is 66.5 Å². The molecule has 1 amide bonds. The molecule has 152 valence electrons. The highest BCUT2D eigenvalue weighted by Gasteiger charge is 2.19. The minimum Gasteiger partial charge on any atom is -0.326 e.